The highest BCUT2D eigenvalue weighted by molar-refractivity contribution is 4.93. The standard InChI is InChI=1S/C14H28O/c1-11(2)6-7-14(15)9-8-13(4,5)10-12(14)3/h11-12,15H,6-10H2,1-5H3. The van der Waals surface area contributed by atoms with E-state index in [-0.39, 0.29) is 5.60 Å². The second-order valence-corrected chi connectivity index (χ2v) is 6.81. The Labute approximate surface area is 95.3 Å². The van der Waals surface area contributed by atoms with Gasteiger partial charge in [-0.25, -0.2) is 0 Å². The summed E-state index contributed by atoms with van der Waals surface area (Å²) in [5, 5.41) is 10.6. The van der Waals surface area contributed by atoms with Crippen molar-refractivity contribution in [3.05, 3.63) is 0 Å². The van der Waals surface area contributed by atoms with Crippen LogP contribution in [-0.2, 0) is 0 Å². The van der Waals surface area contributed by atoms with Gasteiger partial charge in [0.2, 0.25) is 0 Å². The lowest BCUT2D eigenvalue weighted by Crippen LogP contribution is -2.44. The van der Waals surface area contributed by atoms with Crippen LogP contribution < -0.4 is 0 Å². The summed E-state index contributed by atoms with van der Waals surface area (Å²) in [5.74, 6) is 1.16. The minimum Gasteiger partial charge on any atom is -0.390 e. The van der Waals surface area contributed by atoms with E-state index < -0.39 is 0 Å². The van der Waals surface area contributed by atoms with Gasteiger partial charge in [-0.05, 0) is 49.4 Å². The van der Waals surface area contributed by atoms with Crippen molar-refractivity contribution in [1.29, 1.82) is 0 Å². The van der Waals surface area contributed by atoms with Crippen LogP contribution in [0.3, 0.4) is 0 Å². The molecule has 2 atom stereocenters. The Morgan fingerprint density at radius 1 is 1.27 bits per heavy atom. The first-order valence-electron chi connectivity index (χ1n) is 6.48. The maximum Gasteiger partial charge on any atom is 0.0673 e. The molecular weight excluding hydrogens is 184 g/mol. The number of hydrogen-bond acceptors (Lipinski definition) is 1. The molecule has 1 saturated carbocycles. The van der Waals surface area contributed by atoms with E-state index in [1.54, 1.807) is 0 Å². The van der Waals surface area contributed by atoms with Crippen molar-refractivity contribution in [2.24, 2.45) is 17.3 Å². The average molecular weight is 212 g/mol. The van der Waals surface area contributed by atoms with Gasteiger partial charge in [0, 0.05) is 0 Å². The molecule has 90 valence electrons. The van der Waals surface area contributed by atoms with E-state index in [4.69, 9.17) is 0 Å². The minimum atomic E-state index is -0.375. The summed E-state index contributed by atoms with van der Waals surface area (Å²) in [6.07, 6.45) is 5.48. The molecule has 1 heteroatoms. The first-order valence-corrected chi connectivity index (χ1v) is 6.48. The Bertz CT molecular complexity index is 203. The highest BCUT2D eigenvalue weighted by atomic mass is 16.3. The molecule has 0 heterocycles. The summed E-state index contributed by atoms with van der Waals surface area (Å²) in [7, 11) is 0. The molecule has 0 radical (unpaired) electrons. The molecule has 0 aliphatic heterocycles. The predicted molar refractivity (Wildman–Crippen MR) is 65.8 cm³/mol. The lowest BCUT2D eigenvalue weighted by Gasteiger charge is -2.45. The Morgan fingerprint density at radius 2 is 1.87 bits per heavy atom. The Hall–Kier alpha value is -0.0400. The van der Waals surface area contributed by atoms with Crippen LogP contribution in [0.1, 0.15) is 66.7 Å². The van der Waals surface area contributed by atoms with E-state index in [9.17, 15) is 5.11 Å². The largest absolute Gasteiger partial charge is 0.390 e. The topological polar surface area (TPSA) is 20.2 Å². The molecule has 0 aromatic heterocycles. The monoisotopic (exact) mass is 212 g/mol. The molecule has 2 unspecified atom stereocenters. The molecule has 0 spiro atoms. The molecule has 1 aliphatic rings. The fraction of sp³-hybridized carbons (Fsp3) is 1.00. The zero-order chi connectivity index (χ0) is 11.7. The second-order valence-electron chi connectivity index (χ2n) is 6.81. The predicted octanol–water partition coefficient (Wildman–Crippen LogP) is 4.00. The van der Waals surface area contributed by atoms with E-state index in [0.29, 0.717) is 17.3 Å². The highest BCUT2D eigenvalue weighted by Gasteiger charge is 2.41. The molecular formula is C14H28O. The number of rotatable bonds is 3. The summed E-state index contributed by atoms with van der Waals surface area (Å²) in [6, 6.07) is 0. The van der Waals surface area contributed by atoms with Gasteiger partial charge in [0.05, 0.1) is 5.60 Å². The number of aliphatic hydroxyl groups is 1. The van der Waals surface area contributed by atoms with Crippen molar-refractivity contribution in [2.75, 3.05) is 0 Å². The van der Waals surface area contributed by atoms with Crippen LogP contribution in [0.4, 0.5) is 0 Å². The molecule has 0 amide bonds. The van der Waals surface area contributed by atoms with Gasteiger partial charge in [-0.2, -0.15) is 0 Å². The molecule has 0 aromatic carbocycles. The lowest BCUT2D eigenvalue weighted by atomic mass is 9.64. The highest BCUT2D eigenvalue weighted by Crippen LogP contribution is 2.45. The molecule has 1 nitrogen and oxygen atoms in total. The molecule has 1 fully saturated rings. The van der Waals surface area contributed by atoms with Crippen LogP contribution in [0.15, 0.2) is 0 Å². The van der Waals surface area contributed by atoms with Crippen LogP contribution in [0.5, 0.6) is 0 Å². The van der Waals surface area contributed by atoms with Gasteiger partial charge in [0.25, 0.3) is 0 Å². The van der Waals surface area contributed by atoms with E-state index >= 15 is 0 Å². The smallest absolute Gasteiger partial charge is 0.0673 e. The van der Waals surface area contributed by atoms with Gasteiger partial charge in [0.1, 0.15) is 0 Å². The van der Waals surface area contributed by atoms with Gasteiger partial charge in [-0.3, -0.25) is 0 Å². The van der Waals surface area contributed by atoms with Gasteiger partial charge >= 0.3 is 0 Å². The summed E-state index contributed by atoms with van der Waals surface area (Å²) in [6.45, 7) is 11.3. The third kappa shape index (κ3) is 3.48. The van der Waals surface area contributed by atoms with E-state index in [2.05, 4.69) is 34.6 Å². The Morgan fingerprint density at radius 3 is 2.33 bits per heavy atom. The first kappa shape index (κ1) is 13.0. The molecule has 0 bridgehead atoms. The quantitative estimate of drug-likeness (QED) is 0.749. The van der Waals surface area contributed by atoms with Crippen LogP contribution >= 0.6 is 0 Å². The normalized spacial score (nSPS) is 35.8. The molecule has 15 heavy (non-hydrogen) atoms. The molecule has 0 saturated heterocycles. The molecule has 0 aromatic rings. The van der Waals surface area contributed by atoms with Crippen LogP contribution in [0, 0.1) is 17.3 Å². The second kappa shape index (κ2) is 4.45. The van der Waals surface area contributed by atoms with Crippen molar-refractivity contribution >= 4 is 0 Å². The van der Waals surface area contributed by atoms with Crippen LogP contribution in [0.25, 0.3) is 0 Å². The van der Waals surface area contributed by atoms with E-state index in [0.717, 1.165) is 19.3 Å². The lowest BCUT2D eigenvalue weighted by molar-refractivity contribution is -0.0793. The summed E-state index contributed by atoms with van der Waals surface area (Å²) in [4.78, 5) is 0. The Balaban J connectivity index is 2.54. The zero-order valence-electron chi connectivity index (χ0n) is 11.1. The maximum atomic E-state index is 10.6. The molecule has 1 rings (SSSR count). The molecule has 1 N–H and O–H groups in total. The van der Waals surface area contributed by atoms with Crippen molar-refractivity contribution < 1.29 is 5.11 Å². The Kier molecular flexibility index (Phi) is 3.86. The van der Waals surface area contributed by atoms with Crippen LogP contribution in [-0.4, -0.2) is 10.7 Å². The van der Waals surface area contributed by atoms with Gasteiger partial charge in [-0.1, -0.05) is 34.6 Å². The van der Waals surface area contributed by atoms with Crippen molar-refractivity contribution in [2.45, 2.75) is 72.3 Å². The SMILES string of the molecule is CC(C)CCC1(O)CCC(C)(C)CC1C. The third-order valence-electron chi connectivity index (χ3n) is 4.17. The van der Waals surface area contributed by atoms with Crippen molar-refractivity contribution in [3.63, 3.8) is 0 Å². The van der Waals surface area contributed by atoms with Gasteiger partial charge in [0.15, 0.2) is 0 Å². The molecule has 1 aliphatic carbocycles. The van der Waals surface area contributed by atoms with Crippen molar-refractivity contribution in [1.82, 2.24) is 0 Å². The van der Waals surface area contributed by atoms with Gasteiger partial charge in [-0.15, -0.1) is 0 Å². The summed E-state index contributed by atoms with van der Waals surface area (Å²) in [5.41, 5.74) is 0.0588. The third-order valence-corrected chi connectivity index (χ3v) is 4.17. The van der Waals surface area contributed by atoms with Gasteiger partial charge < -0.3 is 5.11 Å². The maximum absolute atomic E-state index is 10.6. The summed E-state index contributed by atoms with van der Waals surface area (Å²) < 4.78 is 0. The van der Waals surface area contributed by atoms with Crippen molar-refractivity contribution in [3.8, 4) is 0 Å². The van der Waals surface area contributed by atoms with Crippen LogP contribution in [0.2, 0.25) is 0 Å². The summed E-state index contributed by atoms with van der Waals surface area (Å²) >= 11 is 0. The van der Waals surface area contributed by atoms with E-state index in [1.807, 2.05) is 0 Å². The fourth-order valence-corrected chi connectivity index (χ4v) is 2.83. The fourth-order valence-electron chi connectivity index (χ4n) is 2.83. The average Bonchev–Trinajstić information content (AvgIpc) is 2.09. The van der Waals surface area contributed by atoms with E-state index in [1.165, 1.54) is 12.8 Å². The first-order chi connectivity index (χ1) is 6.75. The zero-order valence-corrected chi connectivity index (χ0v) is 11.1. The number of hydrogen-bond donors (Lipinski definition) is 1. The minimum absolute atomic E-state index is 0.375.